The topological polar surface area (TPSA) is 80.6 Å². The quantitative estimate of drug-likeness (QED) is 0.841. The van der Waals surface area contributed by atoms with Crippen LogP contribution in [0.3, 0.4) is 0 Å². The van der Waals surface area contributed by atoms with Gasteiger partial charge in [0.1, 0.15) is 5.76 Å². The average Bonchev–Trinajstić information content (AvgIpc) is 2.99. The minimum Gasteiger partial charge on any atom is -0.470 e. The minimum atomic E-state index is -0.401. The van der Waals surface area contributed by atoms with Crippen molar-refractivity contribution in [2.75, 3.05) is 22.9 Å². The number of fused-ring (bicyclic) bond motifs is 1. The summed E-state index contributed by atoms with van der Waals surface area (Å²) in [7, 11) is 0. The molecule has 4 aliphatic rings. The summed E-state index contributed by atoms with van der Waals surface area (Å²) in [6.45, 7) is 4.15. The molecule has 1 aliphatic carbocycles. The SMILES string of the molecule is CC1CC(N)CN(c2ccncc2N2C=C(C3CCC3)C=C3OC(N)C=C32)C1. The van der Waals surface area contributed by atoms with E-state index in [0.29, 0.717) is 11.8 Å². The highest BCUT2D eigenvalue weighted by Gasteiger charge is 2.34. The largest absolute Gasteiger partial charge is 0.470 e. The Kier molecular flexibility index (Phi) is 4.40. The van der Waals surface area contributed by atoms with Gasteiger partial charge in [0.05, 0.1) is 23.3 Å². The lowest BCUT2D eigenvalue weighted by Gasteiger charge is -2.39. The molecule has 0 amide bonds. The Bertz CT molecular complexity index is 846. The van der Waals surface area contributed by atoms with Crippen LogP contribution >= 0.6 is 0 Å². The third-order valence-corrected chi connectivity index (χ3v) is 6.32. The van der Waals surface area contributed by atoms with Crippen LogP contribution in [-0.4, -0.2) is 30.3 Å². The molecule has 28 heavy (non-hydrogen) atoms. The molecule has 4 N–H and O–H groups in total. The molecule has 1 aromatic heterocycles. The third kappa shape index (κ3) is 3.10. The number of pyridine rings is 1. The van der Waals surface area contributed by atoms with Gasteiger partial charge in [0.25, 0.3) is 0 Å². The fourth-order valence-electron chi connectivity index (χ4n) is 4.79. The number of ether oxygens (including phenoxy) is 1. The van der Waals surface area contributed by atoms with E-state index in [9.17, 15) is 0 Å². The highest BCUT2D eigenvalue weighted by molar-refractivity contribution is 5.77. The fourth-order valence-corrected chi connectivity index (χ4v) is 4.79. The van der Waals surface area contributed by atoms with E-state index in [4.69, 9.17) is 16.2 Å². The molecule has 4 heterocycles. The number of hydrogen-bond donors (Lipinski definition) is 2. The van der Waals surface area contributed by atoms with Gasteiger partial charge in [0.15, 0.2) is 6.23 Å². The van der Waals surface area contributed by atoms with E-state index in [2.05, 4.69) is 40.0 Å². The van der Waals surface area contributed by atoms with Crippen molar-refractivity contribution >= 4 is 11.4 Å². The molecule has 2 fully saturated rings. The Hall–Kier alpha value is -2.31. The van der Waals surface area contributed by atoms with Crippen molar-refractivity contribution in [1.29, 1.82) is 0 Å². The van der Waals surface area contributed by atoms with Crippen LogP contribution in [0, 0.1) is 11.8 Å². The zero-order chi connectivity index (χ0) is 19.3. The number of piperidine rings is 1. The van der Waals surface area contributed by atoms with Gasteiger partial charge in [0.2, 0.25) is 0 Å². The van der Waals surface area contributed by atoms with Gasteiger partial charge >= 0.3 is 0 Å². The van der Waals surface area contributed by atoms with Gasteiger partial charge in [-0.2, -0.15) is 0 Å². The van der Waals surface area contributed by atoms with E-state index in [1.54, 1.807) is 0 Å². The van der Waals surface area contributed by atoms with E-state index in [0.717, 1.165) is 36.7 Å². The molecule has 1 saturated carbocycles. The Balaban J connectivity index is 1.55. The van der Waals surface area contributed by atoms with Gasteiger partial charge in [0, 0.05) is 31.5 Å². The van der Waals surface area contributed by atoms with Gasteiger partial charge in [-0.15, -0.1) is 0 Å². The Morgan fingerprint density at radius 1 is 1.18 bits per heavy atom. The highest BCUT2D eigenvalue weighted by Crippen LogP contribution is 2.43. The second-order valence-electron chi connectivity index (χ2n) is 8.64. The lowest BCUT2D eigenvalue weighted by atomic mass is 9.79. The summed E-state index contributed by atoms with van der Waals surface area (Å²) in [5.41, 5.74) is 17.0. The Morgan fingerprint density at radius 3 is 2.79 bits per heavy atom. The van der Waals surface area contributed by atoms with Crippen LogP contribution in [0.2, 0.25) is 0 Å². The number of rotatable bonds is 3. The first-order valence-electron chi connectivity index (χ1n) is 10.4. The molecule has 1 saturated heterocycles. The van der Waals surface area contributed by atoms with Gasteiger partial charge in [-0.25, -0.2) is 0 Å². The third-order valence-electron chi connectivity index (χ3n) is 6.32. The summed E-state index contributed by atoms with van der Waals surface area (Å²) in [6, 6.07) is 2.30. The van der Waals surface area contributed by atoms with E-state index in [-0.39, 0.29) is 6.04 Å². The lowest BCUT2D eigenvalue weighted by molar-refractivity contribution is 0.185. The molecule has 3 aliphatic heterocycles. The molecule has 3 atom stereocenters. The number of allylic oxidation sites excluding steroid dienone is 2. The molecule has 148 valence electrons. The second kappa shape index (κ2) is 6.94. The van der Waals surface area contributed by atoms with E-state index >= 15 is 0 Å². The predicted octanol–water partition coefficient (Wildman–Crippen LogP) is 2.84. The van der Waals surface area contributed by atoms with E-state index < -0.39 is 6.23 Å². The monoisotopic (exact) mass is 379 g/mol. The normalized spacial score (nSPS) is 30.1. The molecule has 6 heteroatoms. The second-order valence-corrected chi connectivity index (χ2v) is 8.64. The number of nitrogens with two attached hydrogens (primary N) is 2. The maximum absolute atomic E-state index is 6.33. The Morgan fingerprint density at radius 2 is 2.04 bits per heavy atom. The Labute approximate surface area is 166 Å². The standard InChI is InChI=1S/C22H29N5O/c1-14-7-17(23)13-26(11-14)18-5-6-25-10-20(18)27-12-16(15-3-2-4-15)8-21-19(27)9-22(24)28-21/h5-6,8-10,12,14-15,17,22H,2-4,7,11,13,23-24H2,1H3. The molecule has 3 unspecified atom stereocenters. The van der Waals surface area contributed by atoms with E-state index in [1.807, 2.05) is 18.5 Å². The first-order valence-corrected chi connectivity index (χ1v) is 10.4. The maximum Gasteiger partial charge on any atom is 0.169 e. The fraction of sp³-hybridized carbons (Fsp3) is 0.500. The smallest absolute Gasteiger partial charge is 0.169 e. The van der Waals surface area contributed by atoms with Crippen LogP contribution in [0.1, 0.15) is 32.6 Å². The van der Waals surface area contributed by atoms with Crippen molar-refractivity contribution in [3.05, 3.63) is 53.8 Å². The lowest BCUT2D eigenvalue weighted by Crippen LogP contribution is -2.46. The zero-order valence-electron chi connectivity index (χ0n) is 16.4. The van der Waals surface area contributed by atoms with Gasteiger partial charge in [-0.3, -0.25) is 10.7 Å². The van der Waals surface area contributed by atoms with Gasteiger partial charge < -0.3 is 20.3 Å². The number of aromatic nitrogens is 1. The van der Waals surface area contributed by atoms with Crippen LogP contribution in [0.15, 0.2) is 53.8 Å². The number of anilines is 2. The van der Waals surface area contributed by atoms with Crippen LogP contribution in [0.25, 0.3) is 0 Å². The van der Waals surface area contributed by atoms with Crippen molar-refractivity contribution in [2.24, 2.45) is 23.3 Å². The van der Waals surface area contributed by atoms with E-state index in [1.165, 1.54) is 30.5 Å². The maximum atomic E-state index is 6.33. The molecular weight excluding hydrogens is 350 g/mol. The number of hydrogen-bond acceptors (Lipinski definition) is 6. The van der Waals surface area contributed by atoms with Crippen molar-refractivity contribution < 1.29 is 4.74 Å². The van der Waals surface area contributed by atoms with Crippen LogP contribution in [0.4, 0.5) is 11.4 Å². The van der Waals surface area contributed by atoms with Crippen LogP contribution < -0.4 is 21.3 Å². The molecule has 0 spiro atoms. The van der Waals surface area contributed by atoms with Gasteiger partial charge in [-0.1, -0.05) is 13.3 Å². The van der Waals surface area contributed by atoms with Gasteiger partial charge in [-0.05, 0) is 54.9 Å². The highest BCUT2D eigenvalue weighted by atomic mass is 16.5. The van der Waals surface area contributed by atoms with Crippen molar-refractivity contribution in [3.8, 4) is 0 Å². The summed E-state index contributed by atoms with van der Waals surface area (Å²) in [5, 5.41) is 0. The minimum absolute atomic E-state index is 0.199. The average molecular weight is 380 g/mol. The first kappa shape index (κ1) is 17.8. The summed E-state index contributed by atoms with van der Waals surface area (Å²) in [4.78, 5) is 9.07. The van der Waals surface area contributed by atoms with Crippen molar-refractivity contribution in [2.45, 2.75) is 44.9 Å². The molecule has 1 aromatic rings. The summed E-state index contributed by atoms with van der Waals surface area (Å²) < 4.78 is 5.90. The number of nitrogens with zero attached hydrogens (tertiary/aromatic N) is 3. The first-order chi connectivity index (χ1) is 13.6. The summed E-state index contributed by atoms with van der Waals surface area (Å²) in [6.07, 6.45) is 14.7. The molecule has 6 nitrogen and oxygen atoms in total. The predicted molar refractivity (Wildman–Crippen MR) is 111 cm³/mol. The van der Waals surface area contributed by atoms with Crippen molar-refractivity contribution in [1.82, 2.24) is 4.98 Å². The van der Waals surface area contributed by atoms with Crippen LogP contribution in [-0.2, 0) is 4.74 Å². The summed E-state index contributed by atoms with van der Waals surface area (Å²) >= 11 is 0. The zero-order valence-corrected chi connectivity index (χ0v) is 16.4. The molecular formula is C22H29N5O. The molecule has 0 radical (unpaired) electrons. The van der Waals surface area contributed by atoms with Crippen molar-refractivity contribution in [3.63, 3.8) is 0 Å². The summed E-state index contributed by atoms with van der Waals surface area (Å²) in [5.74, 6) is 2.06. The molecule has 0 aromatic carbocycles. The molecule has 0 bridgehead atoms. The molecule has 5 rings (SSSR count). The van der Waals surface area contributed by atoms with Crippen LogP contribution in [0.5, 0.6) is 0 Å².